The van der Waals surface area contributed by atoms with Gasteiger partial charge in [-0.3, -0.25) is 13.9 Å². The van der Waals surface area contributed by atoms with Crippen molar-refractivity contribution in [1.82, 2.24) is 10.2 Å². The molecule has 7 nitrogen and oxygen atoms in total. The fourth-order valence-corrected chi connectivity index (χ4v) is 5.74. The molecule has 38 heavy (non-hydrogen) atoms. The van der Waals surface area contributed by atoms with Crippen LogP contribution in [-0.2, 0) is 26.0 Å². The summed E-state index contributed by atoms with van der Waals surface area (Å²) in [7, 11) is -4.06. The van der Waals surface area contributed by atoms with E-state index in [1.165, 1.54) is 17.0 Å². The average molecular weight is 536 g/mol. The molecule has 8 heteroatoms. The van der Waals surface area contributed by atoms with Crippen LogP contribution in [0.25, 0.3) is 0 Å². The van der Waals surface area contributed by atoms with E-state index in [2.05, 4.69) is 5.32 Å². The summed E-state index contributed by atoms with van der Waals surface area (Å²) in [4.78, 5) is 28.5. The van der Waals surface area contributed by atoms with Crippen molar-refractivity contribution in [3.8, 4) is 0 Å². The van der Waals surface area contributed by atoms with Crippen LogP contribution in [0.5, 0.6) is 0 Å². The van der Waals surface area contributed by atoms with Crippen LogP contribution in [0.1, 0.15) is 37.0 Å². The number of carbonyl (C=O) groups is 2. The van der Waals surface area contributed by atoms with Gasteiger partial charge in [0, 0.05) is 13.1 Å². The van der Waals surface area contributed by atoms with E-state index in [9.17, 15) is 18.0 Å². The van der Waals surface area contributed by atoms with E-state index in [-0.39, 0.29) is 17.3 Å². The third-order valence-electron chi connectivity index (χ3n) is 6.61. The van der Waals surface area contributed by atoms with E-state index < -0.39 is 28.5 Å². The van der Waals surface area contributed by atoms with Gasteiger partial charge >= 0.3 is 0 Å². The van der Waals surface area contributed by atoms with Gasteiger partial charge in [-0.05, 0) is 74.6 Å². The predicted molar refractivity (Wildman–Crippen MR) is 152 cm³/mol. The number of rotatable bonds is 12. The van der Waals surface area contributed by atoms with Gasteiger partial charge in [-0.2, -0.15) is 0 Å². The van der Waals surface area contributed by atoms with Crippen LogP contribution in [0.15, 0.2) is 83.8 Å². The maximum atomic E-state index is 13.9. The van der Waals surface area contributed by atoms with Crippen LogP contribution in [-0.4, -0.2) is 50.8 Å². The van der Waals surface area contributed by atoms with Gasteiger partial charge in [0.1, 0.15) is 12.6 Å². The molecule has 3 aromatic carbocycles. The Morgan fingerprint density at radius 3 is 2.08 bits per heavy atom. The monoisotopic (exact) mass is 535 g/mol. The smallest absolute Gasteiger partial charge is 0.264 e. The number of sulfonamides is 1. The molecule has 0 aromatic heterocycles. The van der Waals surface area contributed by atoms with Crippen molar-refractivity contribution in [3.05, 3.63) is 95.6 Å². The second-order valence-corrected chi connectivity index (χ2v) is 11.1. The number of amides is 2. The standard InChI is InChI=1S/C30H37N3O4S/c1-5-28(30(35)31-6-2)32(20-19-25-13-9-7-10-14-25)29(34)22-33(26-18-17-23(3)24(4)21-26)38(36,37)27-15-11-8-12-16-27/h7-18,21,28H,5-6,19-20,22H2,1-4H3,(H,31,35)/t28-/m1/s1. The van der Waals surface area contributed by atoms with Gasteiger partial charge in [0.2, 0.25) is 11.8 Å². The molecule has 0 saturated carbocycles. The minimum atomic E-state index is -4.06. The Bertz CT molecular complexity index is 1330. The van der Waals surface area contributed by atoms with Crippen molar-refractivity contribution in [1.29, 1.82) is 0 Å². The Morgan fingerprint density at radius 1 is 0.868 bits per heavy atom. The van der Waals surface area contributed by atoms with E-state index >= 15 is 0 Å². The topological polar surface area (TPSA) is 86.8 Å². The molecule has 202 valence electrons. The molecule has 0 bridgehead atoms. The summed E-state index contributed by atoms with van der Waals surface area (Å²) in [5.74, 6) is -0.683. The number of nitrogens with zero attached hydrogens (tertiary/aromatic N) is 2. The molecule has 0 saturated heterocycles. The largest absolute Gasteiger partial charge is 0.355 e. The third-order valence-corrected chi connectivity index (χ3v) is 8.40. The maximum Gasteiger partial charge on any atom is 0.264 e. The lowest BCUT2D eigenvalue weighted by Crippen LogP contribution is -2.53. The molecular formula is C30H37N3O4S. The van der Waals surface area contributed by atoms with Crippen LogP contribution in [0.3, 0.4) is 0 Å². The molecule has 3 aromatic rings. The molecule has 0 radical (unpaired) electrons. The van der Waals surface area contributed by atoms with Crippen LogP contribution in [0.2, 0.25) is 0 Å². The van der Waals surface area contributed by atoms with E-state index in [0.29, 0.717) is 25.1 Å². The number of nitrogens with one attached hydrogen (secondary N) is 1. The second-order valence-electron chi connectivity index (χ2n) is 9.23. The van der Waals surface area contributed by atoms with E-state index in [0.717, 1.165) is 21.0 Å². The normalized spacial score (nSPS) is 12.0. The lowest BCUT2D eigenvalue weighted by atomic mass is 10.1. The first-order valence-corrected chi connectivity index (χ1v) is 14.4. The van der Waals surface area contributed by atoms with E-state index in [1.54, 1.807) is 30.3 Å². The number of aryl methyl sites for hydroxylation is 2. The highest BCUT2D eigenvalue weighted by Gasteiger charge is 2.33. The fourth-order valence-electron chi connectivity index (χ4n) is 4.32. The van der Waals surface area contributed by atoms with E-state index in [4.69, 9.17) is 0 Å². The van der Waals surface area contributed by atoms with Crippen LogP contribution in [0.4, 0.5) is 5.69 Å². The van der Waals surface area contributed by atoms with Crippen molar-refractivity contribution >= 4 is 27.5 Å². The Balaban J connectivity index is 2.01. The Labute approximate surface area is 226 Å². The van der Waals surface area contributed by atoms with Crippen molar-refractivity contribution in [2.45, 2.75) is 51.5 Å². The first-order valence-electron chi connectivity index (χ1n) is 12.9. The van der Waals surface area contributed by atoms with Gasteiger partial charge in [-0.25, -0.2) is 8.42 Å². The lowest BCUT2D eigenvalue weighted by molar-refractivity contribution is -0.139. The molecule has 1 atom stereocenters. The number of hydrogen-bond acceptors (Lipinski definition) is 4. The zero-order chi connectivity index (χ0) is 27.7. The molecule has 1 N–H and O–H groups in total. The number of benzene rings is 3. The number of hydrogen-bond donors (Lipinski definition) is 1. The summed E-state index contributed by atoms with van der Waals surface area (Å²) in [6.07, 6.45) is 0.943. The number of likely N-dealkylation sites (N-methyl/N-ethyl adjacent to an activating group) is 1. The van der Waals surface area contributed by atoms with Crippen LogP contribution >= 0.6 is 0 Å². The zero-order valence-electron chi connectivity index (χ0n) is 22.6. The average Bonchev–Trinajstić information content (AvgIpc) is 2.92. The number of anilines is 1. The molecule has 3 rings (SSSR count). The van der Waals surface area contributed by atoms with E-state index in [1.807, 2.05) is 64.1 Å². The van der Waals surface area contributed by atoms with Gasteiger partial charge in [-0.1, -0.05) is 61.5 Å². The van der Waals surface area contributed by atoms with Crippen LogP contribution < -0.4 is 9.62 Å². The Morgan fingerprint density at radius 2 is 1.50 bits per heavy atom. The molecule has 0 aliphatic heterocycles. The SMILES string of the molecule is CCNC(=O)[C@@H](CC)N(CCc1ccccc1)C(=O)CN(c1ccc(C)c(C)c1)S(=O)(=O)c1ccccc1. The Hall–Kier alpha value is -3.65. The predicted octanol–water partition coefficient (Wildman–Crippen LogP) is 4.48. The lowest BCUT2D eigenvalue weighted by Gasteiger charge is -2.33. The minimum absolute atomic E-state index is 0.0950. The van der Waals surface area contributed by atoms with Crippen molar-refractivity contribution in [2.75, 3.05) is 23.9 Å². The third kappa shape index (κ3) is 7.01. The maximum absolute atomic E-state index is 13.9. The highest BCUT2D eigenvalue weighted by Crippen LogP contribution is 2.26. The molecule has 2 amide bonds. The van der Waals surface area contributed by atoms with Gasteiger partial charge in [-0.15, -0.1) is 0 Å². The van der Waals surface area contributed by atoms with Crippen molar-refractivity contribution < 1.29 is 18.0 Å². The van der Waals surface area contributed by atoms with Crippen LogP contribution in [0, 0.1) is 13.8 Å². The molecule has 0 spiro atoms. The summed E-state index contributed by atoms with van der Waals surface area (Å²) in [6, 6.07) is 22.4. The molecule has 0 heterocycles. The van der Waals surface area contributed by atoms with Crippen molar-refractivity contribution in [2.24, 2.45) is 0 Å². The second kappa shape index (κ2) is 13.2. The quantitative estimate of drug-likeness (QED) is 0.370. The molecule has 0 fully saturated rings. The first-order chi connectivity index (χ1) is 18.2. The highest BCUT2D eigenvalue weighted by atomic mass is 32.2. The first kappa shape index (κ1) is 28.9. The van der Waals surface area contributed by atoms with Gasteiger partial charge in [0.05, 0.1) is 10.6 Å². The summed E-state index contributed by atoms with van der Waals surface area (Å²) in [5.41, 5.74) is 3.36. The Kier molecular flexibility index (Phi) is 10.1. The van der Waals surface area contributed by atoms with Gasteiger partial charge in [0.15, 0.2) is 0 Å². The minimum Gasteiger partial charge on any atom is -0.355 e. The molecule has 0 aliphatic rings. The zero-order valence-corrected chi connectivity index (χ0v) is 23.4. The fraction of sp³-hybridized carbons (Fsp3) is 0.333. The molecular weight excluding hydrogens is 498 g/mol. The highest BCUT2D eigenvalue weighted by molar-refractivity contribution is 7.92. The summed E-state index contributed by atoms with van der Waals surface area (Å²) in [5, 5.41) is 2.82. The number of carbonyl (C=O) groups excluding carboxylic acids is 2. The molecule has 0 unspecified atom stereocenters. The molecule has 0 aliphatic carbocycles. The summed E-state index contributed by atoms with van der Waals surface area (Å²) >= 11 is 0. The van der Waals surface area contributed by atoms with Gasteiger partial charge < -0.3 is 10.2 Å². The summed E-state index contributed by atoms with van der Waals surface area (Å²) in [6.45, 7) is 7.83. The van der Waals surface area contributed by atoms with Crippen molar-refractivity contribution in [3.63, 3.8) is 0 Å². The summed E-state index contributed by atoms with van der Waals surface area (Å²) < 4.78 is 28.8. The van der Waals surface area contributed by atoms with Gasteiger partial charge in [0.25, 0.3) is 10.0 Å².